The molecule has 234 valence electrons. The minimum Gasteiger partial charge on any atom is -0.488 e. The molecule has 0 aliphatic carbocycles. The maximum atomic E-state index is 12.4. The molecular weight excluding hydrogens is 633 g/mol. The molecule has 0 aliphatic rings. The van der Waals surface area contributed by atoms with E-state index in [1.807, 2.05) is 12.1 Å². The van der Waals surface area contributed by atoms with Crippen molar-refractivity contribution in [1.29, 1.82) is 0 Å². The molecule has 1 amide bonds. The third-order valence-electron chi connectivity index (χ3n) is 5.41. The zero-order chi connectivity index (χ0) is 31.5. The van der Waals surface area contributed by atoms with Gasteiger partial charge in [-0.1, -0.05) is 35.3 Å². The lowest BCUT2D eigenvalue weighted by Crippen LogP contribution is -2.43. The van der Waals surface area contributed by atoms with E-state index in [-0.39, 0.29) is 25.4 Å². The van der Waals surface area contributed by atoms with E-state index in [0.29, 0.717) is 38.7 Å². The van der Waals surface area contributed by atoms with Crippen molar-refractivity contribution in [3.8, 4) is 11.5 Å². The van der Waals surface area contributed by atoms with Crippen LogP contribution in [0.5, 0.6) is 11.5 Å². The van der Waals surface area contributed by atoms with E-state index < -0.39 is 40.7 Å². The third kappa shape index (κ3) is 12.5. The van der Waals surface area contributed by atoms with Crippen molar-refractivity contribution in [2.45, 2.75) is 45.3 Å². The van der Waals surface area contributed by atoms with Crippen LogP contribution >= 0.6 is 34.8 Å². The second kappa shape index (κ2) is 16.5. The average Bonchev–Trinajstić information content (AvgIpc) is 2.89. The Bertz CT molecular complexity index is 1280. The molecular formula is C28H36Cl3NO9S. The Hall–Kier alpha value is -2.28. The van der Waals surface area contributed by atoms with E-state index in [2.05, 4.69) is 0 Å². The van der Waals surface area contributed by atoms with Crippen molar-refractivity contribution in [2.24, 2.45) is 0 Å². The van der Waals surface area contributed by atoms with Gasteiger partial charge in [0, 0.05) is 7.11 Å². The maximum absolute atomic E-state index is 12.4. The largest absolute Gasteiger partial charge is 0.488 e. The molecule has 1 atom stereocenters. The minimum atomic E-state index is -4.02. The van der Waals surface area contributed by atoms with E-state index in [0.717, 1.165) is 17.4 Å². The van der Waals surface area contributed by atoms with Gasteiger partial charge in [0.05, 0.1) is 22.2 Å². The number of amides is 1. The molecule has 2 aromatic rings. The van der Waals surface area contributed by atoms with E-state index in [1.54, 1.807) is 45.0 Å². The fraction of sp³-hybridized carbons (Fsp3) is 0.500. The number of rotatable bonds is 16. The maximum Gasteiger partial charge on any atom is 0.424 e. The lowest BCUT2D eigenvalue weighted by molar-refractivity contribution is -0.121. The van der Waals surface area contributed by atoms with Crippen LogP contribution in [0.15, 0.2) is 36.4 Å². The van der Waals surface area contributed by atoms with Gasteiger partial charge >= 0.3 is 6.09 Å². The van der Waals surface area contributed by atoms with E-state index in [1.165, 1.54) is 7.11 Å². The smallest absolute Gasteiger partial charge is 0.424 e. The number of hydrogen-bond donors (Lipinski definition) is 0. The van der Waals surface area contributed by atoms with Gasteiger partial charge in [0.25, 0.3) is 0 Å². The first-order valence-corrected chi connectivity index (χ1v) is 16.0. The fourth-order valence-corrected chi connectivity index (χ4v) is 4.92. The number of alkyl halides is 1. The van der Waals surface area contributed by atoms with Crippen molar-refractivity contribution in [3.05, 3.63) is 57.6 Å². The summed E-state index contributed by atoms with van der Waals surface area (Å²) >= 11 is 18.7. The van der Waals surface area contributed by atoms with Crippen LogP contribution in [-0.2, 0) is 41.9 Å². The highest BCUT2D eigenvalue weighted by Gasteiger charge is 2.30. The summed E-state index contributed by atoms with van der Waals surface area (Å²) in [7, 11) is -2.51. The number of aryl methyl sites for hydroxylation is 2. The number of Topliss-reactive ketones (excluding diaryl/α,β-unsaturated/α-hetero) is 1. The summed E-state index contributed by atoms with van der Waals surface area (Å²) in [6, 6.07) is 10.7. The van der Waals surface area contributed by atoms with Gasteiger partial charge in [-0.2, -0.15) is 4.31 Å². The quantitative estimate of drug-likeness (QED) is 0.168. The Labute approximate surface area is 262 Å². The summed E-state index contributed by atoms with van der Waals surface area (Å²) in [5.74, 6) is 0.358. The van der Waals surface area contributed by atoms with Gasteiger partial charge in [-0.3, -0.25) is 4.79 Å². The van der Waals surface area contributed by atoms with Crippen LogP contribution in [-0.4, -0.2) is 82.1 Å². The molecule has 0 N–H and O–H groups in total. The molecule has 1 unspecified atom stereocenters. The molecule has 2 aromatic carbocycles. The van der Waals surface area contributed by atoms with E-state index in [4.69, 9.17) is 58.5 Å². The number of carbonyl (C=O) groups is 2. The van der Waals surface area contributed by atoms with Gasteiger partial charge in [0.2, 0.25) is 10.0 Å². The summed E-state index contributed by atoms with van der Waals surface area (Å²) < 4.78 is 51.0. The molecule has 42 heavy (non-hydrogen) atoms. The van der Waals surface area contributed by atoms with Crippen molar-refractivity contribution >= 4 is 56.7 Å². The molecule has 14 heteroatoms. The van der Waals surface area contributed by atoms with Gasteiger partial charge in [-0.05, 0) is 69.0 Å². The molecule has 0 radical (unpaired) electrons. The highest BCUT2D eigenvalue weighted by atomic mass is 35.5. The number of halogens is 3. The summed E-state index contributed by atoms with van der Waals surface area (Å²) in [4.78, 5) is 24.7. The highest BCUT2D eigenvalue weighted by molar-refractivity contribution is 7.88. The van der Waals surface area contributed by atoms with Crippen molar-refractivity contribution in [3.63, 3.8) is 0 Å². The highest BCUT2D eigenvalue weighted by Crippen LogP contribution is 2.35. The third-order valence-corrected chi connectivity index (χ3v) is 7.39. The van der Waals surface area contributed by atoms with Gasteiger partial charge in [0.1, 0.15) is 44.0 Å². The predicted octanol–water partition coefficient (Wildman–Crippen LogP) is 5.53. The molecule has 0 saturated carbocycles. The van der Waals surface area contributed by atoms with Gasteiger partial charge in [-0.15, -0.1) is 11.6 Å². The Balaban J connectivity index is 1.90. The molecule has 2 rings (SSSR count). The van der Waals surface area contributed by atoms with Gasteiger partial charge in [0.15, 0.2) is 11.5 Å². The van der Waals surface area contributed by atoms with Crippen LogP contribution in [0.1, 0.15) is 31.9 Å². The summed E-state index contributed by atoms with van der Waals surface area (Å²) in [6.07, 6.45) is 0.630. The molecule has 0 fully saturated rings. The van der Waals surface area contributed by atoms with Crippen molar-refractivity contribution < 1.29 is 41.7 Å². The molecule has 0 heterocycles. The van der Waals surface area contributed by atoms with Crippen LogP contribution in [0.2, 0.25) is 10.0 Å². The zero-order valence-corrected chi connectivity index (χ0v) is 27.2. The van der Waals surface area contributed by atoms with Crippen LogP contribution in [0, 0.1) is 0 Å². The Morgan fingerprint density at radius 3 is 2.10 bits per heavy atom. The Morgan fingerprint density at radius 1 is 0.976 bits per heavy atom. The molecule has 0 bridgehead atoms. The molecule has 10 nitrogen and oxygen atoms in total. The SMILES string of the molecule is COCOC(CCl)COc1c(Cl)cc(CCc2ccc(OCC(=O)CN(C(=O)OC(C)(C)C)S(C)(=O)=O)cc2)cc1Cl. The van der Waals surface area contributed by atoms with Gasteiger partial charge in [-0.25, -0.2) is 13.2 Å². The molecule has 0 aliphatic heterocycles. The molecule has 0 aromatic heterocycles. The van der Waals surface area contributed by atoms with Crippen LogP contribution in [0.25, 0.3) is 0 Å². The van der Waals surface area contributed by atoms with E-state index in [9.17, 15) is 18.0 Å². The zero-order valence-electron chi connectivity index (χ0n) is 24.2. The normalized spacial score (nSPS) is 12.5. The first-order valence-electron chi connectivity index (χ1n) is 12.8. The molecule has 0 saturated heterocycles. The molecule has 0 spiro atoms. The monoisotopic (exact) mass is 667 g/mol. The summed E-state index contributed by atoms with van der Waals surface area (Å²) in [5.41, 5.74) is 0.981. The van der Waals surface area contributed by atoms with Crippen LogP contribution in [0.4, 0.5) is 4.79 Å². The van der Waals surface area contributed by atoms with E-state index >= 15 is 0 Å². The average molecular weight is 669 g/mol. The standard InChI is InChI=1S/C28H36Cl3NO9S/c1-28(2,3)41-27(34)32(42(5,35)36)15-21(33)16-38-22-10-8-19(9-11-22)6-7-20-12-24(30)26(25(31)13-20)39-17-23(14-29)40-18-37-4/h8-13,23H,6-7,14-18H2,1-5H3. The number of ketones is 1. The first-order chi connectivity index (χ1) is 19.6. The number of carbonyl (C=O) groups excluding carboxylic acids is 2. The van der Waals surface area contributed by atoms with Crippen molar-refractivity contribution in [1.82, 2.24) is 4.31 Å². The van der Waals surface area contributed by atoms with Crippen LogP contribution in [0.3, 0.4) is 0 Å². The number of methoxy groups -OCH3 is 1. The first kappa shape index (κ1) is 35.9. The summed E-state index contributed by atoms with van der Waals surface area (Å²) in [6.45, 7) is 3.90. The topological polar surface area (TPSA) is 118 Å². The lowest BCUT2D eigenvalue weighted by Gasteiger charge is -2.25. The Morgan fingerprint density at radius 2 is 1.57 bits per heavy atom. The summed E-state index contributed by atoms with van der Waals surface area (Å²) in [5, 5.41) is 0.735. The Kier molecular flexibility index (Phi) is 14.1. The van der Waals surface area contributed by atoms with Crippen molar-refractivity contribution in [2.75, 3.05) is 45.8 Å². The minimum absolute atomic E-state index is 0.0896. The fourth-order valence-electron chi connectivity index (χ4n) is 3.41. The van der Waals surface area contributed by atoms with Crippen LogP contribution < -0.4 is 9.47 Å². The number of sulfonamides is 1. The second-order valence-electron chi connectivity index (χ2n) is 10.3. The van der Waals surface area contributed by atoms with Gasteiger partial charge < -0.3 is 23.7 Å². The second-order valence-corrected chi connectivity index (χ2v) is 13.3. The number of ether oxygens (including phenoxy) is 5. The number of hydrogen-bond acceptors (Lipinski definition) is 9. The predicted molar refractivity (Wildman–Crippen MR) is 162 cm³/mol. The number of benzene rings is 2. The lowest BCUT2D eigenvalue weighted by atomic mass is 10.0. The number of nitrogens with zero attached hydrogens (tertiary/aromatic N) is 1.